The normalized spacial score (nSPS) is 13.7. The molecule has 0 fully saturated rings. The van der Waals surface area contributed by atoms with Gasteiger partial charge in [0.05, 0.1) is 12.6 Å². The van der Waals surface area contributed by atoms with E-state index in [4.69, 9.17) is 10.8 Å². The Labute approximate surface area is 164 Å². The van der Waals surface area contributed by atoms with E-state index in [1.807, 2.05) is 37.3 Å². The molecule has 1 aromatic carbocycles. The molecule has 0 radical (unpaired) electrons. The van der Waals surface area contributed by atoms with Gasteiger partial charge in [-0.05, 0) is 17.9 Å². The summed E-state index contributed by atoms with van der Waals surface area (Å²) >= 11 is 0. The number of nitrogens with one attached hydrogen (secondary N) is 3. The van der Waals surface area contributed by atoms with Gasteiger partial charge in [-0.25, -0.2) is 0 Å². The van der Waals surface area contributed by atoms with Gasteiger partial charge in [0.25, 0.3) is 0 Å². The maximum atomic E-state index is 12.4. The Balaban J connectivity index is 2.63. The largest absolute Gasteiger partial charge is 0.480 e. The third-order valence-electron chi connectivity index (χ3n) is 4.29. The fourth-order valence-corrected chi connectivity index (χ4v) is 2.44. The lowest BCUT2D eigenvalue weighted by molar-refractivity contribution is -0.138. The molecule has 3 unspecified atom stereocenters. The van der Waals surface area contributed by atoms with Crippen LogP contribution < -0.4 is 21.7 Å². The lowest BCUT2D eigenvalue weighted by Crippen LogP contribution is -2.55. The van der Waals surface area contributed by atoms with E-state index in [2.05, 4.69) is 16.0 Å². The average molecular weight is 392 g/mol. The summed E-state index contributed by atoms with van der Waals surface area (Å²) in [4.78, 5) is 46.9. The van der Waals surface area contributed by atoms with E-state index >= 15 is 0 Å². The minimum absolute atomic E-state index is 0.185. The number of nitrogens with two attached hydrogens (primary N) is 1. The molecule has 1 rings (SSSR count). The van der Waals surface area contributed by atoms with Crippen LogP contribution in [0.25, 0.3) is 0 Å². The van der Waals surface area contributed by atoms with E-state index in [0.29, 0.717) is 12.8 Å². The van der Waals surface area contributed by atoms with Gasteiger partial charge in [-0.1, -0.05) is 50.6 Å². The Hall–Kier alpha value is -2.94. The van der Waals surface area contributed by atoms with Crippen LogP contribution >= 0.6 is 0 Å². The number of hydrogen-bond acceptors (Lipinski definition) is 5. The molecule has 9 heteroatoms. The Morgan fingerprint density at radius 1 is 1.04 bits per heavy atom. The van der Waals surface area contributed by atoms with Crippen molar-refractivity contribution in [2.24, 2.45) is 11.7 Å². The molecule has 28 heavy (non-hydrogen) atoms. The maximum absolute atomic E-state index is 12.4. The molecule has 0 heterocycles. The zero-order valence-corrected chi connectivity index (χ0v) is 16.1. The van der Waals surface area contributed by atoms with E-state index in [0.717, 1.165) is 5.56 Å². The number of benzene rings is 1. The van der Waals surface area contributed by atoms with Crippen molar-refractivity contribution in [3.63, 3.8) is 0 Å². The molecule has 3 amide bonds. The molecule has 6 N–H and O–H groups in total. The second-order valence-electron chi connectivity index (χ2n) is 6.56. The Bertz CT molecular complexity index is 680. The molecular formula is C19H28N4O5. The number of hydrogen-bond donors (Lipinski definition) is 5. The first kappa shape index (κ1) is 23.1. The van der Waals surface area contributed by atoms with Crippen LogP contribution in [0.1, 0.15) is 25.8 Å². The van der Waals surface area contributed by atoms with Crippen LogP contribution in [0.15, 0.2) is 30.3 Å². The zero-order chi connectivity index (χ0) is 21.1. The van der Waals surface area contributed by atoms with Crippen LogP contribution in [-0.2, 0) is 25.6 Å². The lowest BCUT2D eigenvalue weighted by Gasteiger charge is -2.25. The van der Waals surface area contributed by atoms with Gasteiger partial charge >= 0.3 is 5.97 Å². The van der Waals surface area contributed by atoms with Crippen molar-refractivity contribution >= 4 is 23.7 Å². The van der Waals surface area contributed by atoms with Gasteiger partial charge in [-0.2, -0.15) is 0 Å². The first-order valence-electron chi connectivity index (χ1n) is 9.10. The molecule has 3 atom stereocenters. The molecule has 0 spiro atoms. The first-order valence-corrected chi connectivity index (χ1v) is 9.10. The molecular weight excluding hydrogens is 364 g/mol. The summed E-state index contributed by atoms with van der Waals surface area (Å²) in [7, 11) is 0. The van der Waals surface area contributed by atoms with Gasteiger partial charge in [-0.15, -0.1) is 0 Å². The van der Waals surface area contributed by atoms with Crippen molar-refractivity contribution in [2.75, 3.05) is 13.1 Å². The predicted octanol–water partition coefficient (Wildman–Crippen LogP) is -0.596. The van der Waals surface area contributed by atoms with E-state index in [1.54, 1.807) is 6.92 Å². The van der Waals surface area contributed by atoms with Crippen molar-refractivity contribution in [1.29, 1.82) is 0 Å². The van der Waals surface area contributed by atoms with Crippen molar-refractivity contribution in [2.45, 2.75) is 38.8 Å². The Kier molecular flexibility index (Phi) is 9.66. The van der Waals surface area contributed by atoms with Crippen molar-refractivity contribution in [3.05, 3.63) is 35.9 Å². The second kappa shape index (κ2) is 11.7. The first-order chi connectivity index (χ1) is 13.2. The molecule has 0 aliphatic rings. The molecule has 0 aliphatic carbocycles. The summed E-state index contributed by atoms with van der Waals surface area (Å²) < 4.78 is 0. The number of carboxylic acid groups (broad SMARTS) is 1. The fraction of sp³-hybridized carbons (Fsp3) is 0.474. The highest BCUT2D eigenvalue weighted by Gasteiger charge is 2.28. The summed E-state index contributed by atoms with van der Waals surface area (Å²) in [5.41, 5.74) is 6.87. The SMILES string of the molecule is CCC(C)C(NC(=O)C(N)Cc1ccccc1)C(=O)NCC(=O)NCC(=O)O. The summed E-state index contributed by atoms with van der Waals surface area (Å²) in [5.74, 6) is -2.99. The quantitative estimate of drug-likeness (QED) is 0.339. The molecule has 0 saturated heterocycles. The van der Waals surface area contributed by atoms with Gasteiger partial charge in [0.1, 0.15) is 12.6 Å². The molecule has 0 aliphatic heterocycles. The number of rotatable bonds is 11. The van der Waals surface area contributed by atoms with Gasteiger partial charge in [0, 0.05) is 0 Å². The van der Waals surface area contributed by atoms with E-state index in [1.165, 1.54) is 0 Å². The minimum Gasteiger partial charge on any atom is -0.480 e. The van der Waals surface area contributed by atoms with Crippen LogP contribution in [0.4, 0.5) is 0 Å². The molecule has 0 aromatic heterocycles. The molecule has 154 valence electrons. The molecule has 0 saturated carbocycles. The predicted molar refractivity (Wildman–Crippen MR) is 103 cm³/mol. The van der Waals surface area contributed by atoms with Crippen LogP contribution in [0.3, 0.4) is 0 Å². The number of carboxylic acids is 1. The summed E-state index contributed by atoms with van der Waals surface area (Å²) in [6.45, 7) is 2.76. The standard InChI is InChI=1S/C19H28N4O5/c1-3-12(2)17(19(28)22-10-15(24)21-11-16(25)26)23-18(27)14(20)9-13-7-5-4-6-8-13/h4-8,12,14,17H,3,9-11,20H2,1-2H3,(H,21,24)(H,22,28)(H,23,27)(H,25,26). The van der Waals surface area contributed by atoms with Gasteiger partial charge < -0.3 is 26.8 Å². The number of aliphatic carboxylic acids is 1. The smallest absolute Gasteiger partial charge is 0.322 e. The van der Waals surface area contributed by atoms with E-state index in [9.17, 15) is 19.2 Å². The monoisotopic (exact) mass is 392 g/mol. The lowest BCUT2D eigenvalue weighted by atomic mass is 9.97. The number of amides is 3. The average Bonchev–Trinajstić information content (AvgIpc) is 2.68. The second-order valence-corrected chi connectivity index (χ2v) is 6.56. The fourth-order valence-electron chi connectivity index (χ4n) is 2.44. The van der Waals surface area contributed by atoms with Crippen LogP contribution in [0, 0.1) is 5.92 Å². The summed E-state index contributed by atoms with van der Waals surface area (Å²) in [6, 6.07) is 7.62. The Morgan fingerprint density at radius 3 is 2.25 bits per heavy atom. The highest BCUT2D eigenvalue weighted by Crippen LogP contribution is 2.09. The highest BCUT2D eigenvalue weighted by molar-refractivity contribution is 5.92. The highest BCUT2D eigenvalue weighted by atomic mass is 16.4. The Morgan fingerprint density at radius 2 is 1.68 bits per heavy atom. The number of carbonyl (C=O) groups is 4. The van der Waals surface area contributed by atoms with Gasteiger partial charge in [0.15, 0.2) is 0 Å². The molecule has 1 aromatic rings. The summed E-state index contributed by atoms with van der Waals surface area (Å²) in [5, 5.41) is 15.7. The van der Waals surface area contributed by atoms with Crippen LogP contribution in [-0.4, -0.2) is 54.0 Å². The molecule has 0 bridgehead atoms. The van der Waals surface area contributed by atoms with Gasteiger partial charge in [0.2, 0.25) is 17.7 Å². The number of carbonyl (C=O) groups excluding carboxylic acids is 3. The van der Waals surface area contributed by atoms with Crippen LogP contribution in [0.2, 0.25) is 0 Å². The van der Waals surface area contributed by atoms with Crippen molar-refractivity contribution in [1.82, 2.24) is 16.0 Å². The maximum Gasteiger partial charge on any atom is 0.322 e. The zero-order valence-electron chi connectivity index (χ0n) is 16.1. The minimum atomic E-state index is -1.18. The third-order valence-corrected chi connectivity index (χ3v) is 4.29. The third kappa shape index (κ3) is 8.17. The van der Waals surface area contributed by atoms with E-state index in [-0.39, 0.29) is 12.5 Å². The van der Waals surface area contributed by atoms with Crippen molar-refractivity contribution in [3.8, 4) is 0 Å². The van der Waals surface area contributed by atoms with Gasteiger partial charge in [-0.3, -0.25) is 19.2 Å². The van der Waals surface area contributed by atoms with Crippen molar-refractivity contribution < 1.29 is 24.3 Å². The topological polar surface area (TPSA) is 151 Å². The van der Waals surface area contributed by atoms with E-state index < -0.39 is 42.3 Å². The molecule has 9 nitrogen and oxygen atoms in total. The van der Waals surface area contributed by atoms with Crippen LogP contribution in [0.5, 0.6) is 0 Å². The summed E-state index contributed by atoms with van der Waals surface area (Å²) in [6.07, 6.45) is 0.955.